The first-order valence-electron chi connectivity index (χ1n) is 10.5. The second kappa shape index (κ2) is 8.58. The number of hydrogen-bond donors (Lipinski definition) is 0. The summed E-state index contributed by atoms with van der Waals surface area (Å²) in [6, 6.07) is 6.66. The Balaban J connectivity index is 1.33. The molecule has 2 aliphatic heterocycles. The van der Waals surface area contributed by atoms with Gasteiger partial charge < -0.3 is 14.3 Å². The van der Waals surface area contributed by atoms with Crippen LogP contribution in [0.1, 0.15) is 24.3 Å². The Morgan fingerprint density at radius 2 is 1.71 bits per heavy atom. The van der Waals surface area contributed by atoms with Crippen LogP contribution in [0, 0.1) is 25.6 Å². The van der Waals surface area contributed by atoms with E-state index in [2.05, 4.69) is 5.16 Å². The minimum atomic E-state index is -3.69. The van der Waals surface area contributed by atoms with Crippen molar-refractivity contribution in [2.45, 2.75) is 31.6 Å². The number of piperazine rings is 1. The molecule has 0 aliphatic carbocycles. The van der Waals surface area contributed by atoms with E-state index in [0.717, 1.165) is 0 Å². The Bertz CT molecular complexity index is 1040. The number of halogens is 1. The molecule has 8 nitrogen and oxygen atoms in total. The number of carbonyl (C=O) groups is 1. The van der Waals surface area contributed by atoms with Crippen molar-refractivity contribution >= 4 is 21.6 Å². The van der Waals surface area contributed by atoms with Crippen molar-refractivity contribution in [3.05, 3.63) is 41.5 Å². The molecule has 2 saturated heterocycles. The molecule has 0 N–H and O–H groups in total. The number of amides is 1. The molecule has 168 valence electrons. The molecule has 0 spiro atoms. The van der Waals surface area contributed by atoms with Crippen molar-refractivity contribution in [3.8, 4) is 0 Å². The molecule has 2 aliphatic rings. The molecule has 0 atom stereocenters. The lowest BCUT2D eigenvalue weighted by Crippen LogP contribution is -2.52. The Hall–Kier alpha value is -2.46. The highest BCUT2D eigenvalue weighted by Crippen LogP contribution is 2.29. The number of anilines is 1. The van der Waals surface area contributed by atoms with Gasteiger partial charge in [0.15, 0.2) is 5.76 Å². The van der Waals surface area contributed by atoms with Gasteiger partial charge in [-0.2, -0.15) is 4.31 Å². The summed E-state index contributed by atoms with van der Waals surface area (Å²) in [5.74, 6) is -0.115. The Labute approximate surface area is 181 Å². The molecule has 1 aromatic carbocycles. The van der Waals surface area contributed by atoms with Gasteiger partial charge in [-0.25, -0.2) is 12.8 Å². The Kier molecular flexibility index (Phi) is 6.02. The van der Waals surface area contributed by atoms with Gasteiger partial charge in [-0.1, -0.05) is 17.3 Å². The van der Waals surface area contributed by atoms with Gasteiger partial charge in [0, 0.05) is 45.2 Å². The fraction of sp³-hybridized carbons (Fsp3) is 0.524. The number of nitrogens with zero attached hydrogens (tertiary/aromatic N) is 4. The van der Waals surface area contributed by atoms with Crippen LogP contribution in [-0.2, 0) is 14.8 Å². The summed E-state index contributed by atoms with van der Waals surface area (Å²) in [6.07, 6.45) is 0.962. The zero-order valence-corrected chi connectivity index (χ0v) is 18.6. The number of piperidine rings is 1. The normalized spacial score (nSPS) is 19.1. The first-order chi connectivity index (χ1) is 14.8. The lowest BCUT2D eigenvalue weighted by atomic mass is 9.96. The van der Waals surface area contributed by atoms with Crippen LogP contribution in [0.5, 0.6) is 0 Å². The maximum atomic E-state index is 14.0. The van der Waals surface area contributed by atoms with Gasteiger partial charge in [0.1, 0.15) is 16.4 Å². The first kappa shape index (κ1) is 21.8. The van der Waals surface area contributed by atoms with Gasteiger partial charge in [-0.05, 0) is 38.8 Å². The van der Waals surface area contributed by atoms with Gasteiger partial charge >= 0.3 is 0 Å². The van der Waals surface area contributed by atoms with Gasteiger partial charge in [0.25, 0.3) is 0 Å². The van der Waals surface area contributed by atoms with E-state index in [1.807, 2.05) is 9.80 Å². The zero-order valence-electron chi connectivity index (χ0n) is 17.8. The van der Waals surface area contributed by atoms with Gasteiger partial charge in [-0.15, -0.1) is 0 Å². The molecule has 1 amide bonds. The molecule has 1 aromatic heterocycles. The van der Waals surface area contributed by atoms with E-state index in [4.69, 9.17) is 4.52 Å². The standard InChI is InChI=1S/C21H27FN4O4S/c1-15-20(16(2)30-23-15)31(28,29)26-9-7-17(8-10-26)21(27)25-13-11-24(12-14-25)19-6-4-3-5-18(19)22/h3-6,17H,7-14H2,1-2H3. The summed E-state index contributed by atoms with van der Waals surface area (Å²) >= 11 is 0. The number of hydrogen-bond acceptors (Lipinski definition) is 6. The number of benzene rings is 1. The highest BCUT2D eigenvalue weighted by atomic mass is 32.2. The van der Waals surface area contributed by atoms with E-state index in [-0.39, 0.29) is 41.4 Å². The van der Waals surface area contributed by atoms with Crippen molar-refractivity contribution in [2.24, 2.45) is 5.92 Å². The molecular weight excluding hydrogens is 423 g/mol. The molecule has 3 heterocycles. The molecular formula is C21H27FN4O4S. The zero-order chi connectivity index (χ0) is 22.2. The average molecular weight is 451 g/mol. The van der Waals surface area contributed by atoms with Crippen LogP contribution in [0.2, 0.25) is 0 Å². The number of aryl methyl sites for hydroxylation is 2. The molecule has 0 bridgehead atoms. The van der Waals surface area contributed by atoms with Crippen molar-refractivity contribution in [1.82, 2.24) is 14.4 Å². The number of rotatable bonds is 4. The smallest absolute Gasteiger partial charge is 0.248 e. The summed E-state index contributed by atoms with van der Waals surface area (Å²) < 4.78 is 46.4. The molecule has 4 rings (SSSR count). The Morgan fingerprint density at radius 3 is 2.29 bits per heavy atom. The van der Waals surface area contributed by atoms with E-state index in [9.17, 15) is 17.6 Å². The predicted molar refractivity (Wildman–Crippen MR) is 113 cm³/mol. The molecule has 0 radical (unpaired) electrons. The third-order valence-corrected chi connectivity index (χ3v) is 8.30. The van der Waals surface area contributed by atoms with E-state index in [0.29, 0.717) is 50.4 Å². The minimum absolute atomic E-state index is 0.0579. The van der Waals surface area contributed by atoms with Gasteiger partial charge in [0.05, 0.1) is 5.69 Å². The van der Waals surface area contributed by atoms with E-state index in [1.54, 1.807) is 32.0 Å². The SMILES string of the molecule is Cc1noc(C)c1S(=O)(=O)N1CCC(C(=O)N2CCN(c3ccccc3F)CC2)CC1. The molecule has 10 heteroatoms. The van der Waals surface area contributed by atoms with Gasteiger partial charge in [-0.3, -0.25) is 4.79 Å². The van der Waals surface area contributed by atoms with E-state index >= 15 is 0 Å². The monoisotopic (exact) mass is 450 g/mol. The van der Waals surface area contributed by atoms with Crippen LogP contribution < -0.4 is 4.90 Å². The topological polar surface area (TPSA) is 87.0 Å². The van der Waals surface area contributed by atoms with Crippen LogP contribution in [0.4, 0.5) is 10.1 Å². The maximum absolute atomic E-state index is 14.0. The van der Waals surface area contributed by atoms with Crippen LogP contribution >= 0.6 is 0 Å². The minimum Gasteiger partial charge on any atom is -0.366 e. The third kappa shape index (κ3) is 4.18. The van der Waals surface area contributed by atoms with Crippen LogP contribution in [0.3, 0.4) is 0 Å². The first-order valence-corrected chi connectivity index (χ1v) is 11.9. The number of sulfonamides is 1. The molecule has 2 fully saturated rings. The number of aromatic nitrogens is 1. The summed E-state index contributed by atoms with van der Waals surface area (Å²) in [7, 11) is -3.69. The second-order valence-corrected chi connectivity index (χ2v) is 9.97. The summed E-state index contributed by atoms with van der Waals surface area (Å²) in [6.45, 7) is 5.99. The fourth-order valence-corrected chi connectivity index (χ4v) is 6.21. The molecule has 0 saturated carbocycles. The van der Waals surface area contributed by atoms with E-state index < -0.39 is 10.0 Å². The van der Waals surface area contributed by atoms with Crippen LogP contribution in [-0.4, -0.2) is 68.0 Å². The molecule has 31 heavy (non-hydrogen) atoms. The summed E-state index contributed by atoms with van der Waals surface area (Å²) in [5, 5.41) is 3.75. The number of para-hydroxylation sites is 1. The van der Waals surface area contributed by atoms with Crippen LogP contribution in [0.25, 0.3) is 0 Å². The van der Waals surface area contributed by atoms with Crippen LogP contribution in [0.15, 0.2) is 33.7 Å². The van der Waals surface area contributed by atoms with Crippen molar-refractivity contribution in [1.29, 1.82) is 0 Å². The Morgan fingerprint density at radius 1 is 1.06 bits per heavy atom. The van der Waals surface area contributed by atoms with E-state index in [1.165, 1.54) is 10.4 Å². The maximum Gasteiger partial charge on any atom is 0.248 e. The number of carbonyl (C=O) groups excluding carboxylic acids is 1. The lowest BCUT2D eigenvalue weighted by Gasteiger charge is -2.39. The quantitative estimate of drug-likeness (QED) is 0.710. The highest BCUT2D eigenvalue weighted by Gasteiger charge is 2.37. The lowest BCUT2D eigenvalue weighted by molar-refractivity contribution is -0.137. The van der Waals surface area contributed by atoms with Crippen molar-refractivity contribution in [2.75, 3.05) is 44.2 Å². The fourth-order valence-electron chi connectivity index (χ4n) is 4.45. The average Bonchev–Trinajstić information content (AvgIpc) is 3.12. The largest absolute Gasteiger partial charge is 0.366 e. The molecule has 2 aromatic rings. The summed E-state index contributed by atoms with van der Waals surface area (Å²) in [5.41, 5.74) is 0.913. The highest BCUT2D eigenvalue weighted by molar-refractivity contribution is 7.89. The molecule has 0 unspecified atom stereocenters. The van der Waals surface area contributed by atoms with Crippen molar-refractivity contribution < 1.29 is 22.1 Å². The second-order valence-electron chi connectivity index (χ2n) is 8.10. The van der Waals surface area contributed by atoms with Crippen molar-refractivity contribution in [3.63, 3.8) is 0 Å². The summed E-state index contributed by atoms with van der Waals surface area (Å²) in [4.78, 5) is 16.9. The third-order valence-electron chi connectivity index (χ3n) is 6.15. The van der Waals surface area contributed by atoms with Gasteiger partial charge in [0.2, 0.25) is 15.9 Å². The predicted octanol–water partition coefficient (Wildman–Crippen LogP) is 2.18.